The third-order valence-corrected chi connectivity index (χ3v) is 2.05. The normalized spacial score (nSPS) is 11.9. The van der Waals surface area contributed by atoms with E-state index in [1.165, 1.54) is 0 Å². The number of hydrogen-bond acceptors (Lipinski definition) is 4. The van der Waals surface area contributed by atoms with Gasteiger partial charge in [0.2, 0.25) is 0 Å². The maximum atomic E-state index is 10.4. The van der Waals surface area contributed by atoms with Gasteiger partial charge in [0.25, 0.3) is 0 Å². The minimum atomic E-state index is -0.407. The van der Waals surface area contributed by atoms with Gasteiger partial charge in [-0.25, -0.2) is 0 Å². The van der Waals surface area contributed by atoms with Crippen LogP contribution in [0, 0.1) is 4.91 Å². The summed E-state index contributed by atoms with van der Waals surface area (Å²) in [6, 6.07) is 4.89. The van der Waals surface area contributed by atoms with Gasteiger partial charge in [0.1, 0.15) is 17.5 Å². The van der Waals surface area contributed by atoms with Gasteiger partial charge in [-0.2, -0.15) is 4.91 Å². The minimum absolute atomic E-state index is 0.407. The van der Waals surface area contributed by atoms with Crippen molar-refractivity contribution in [3.63, 3.8) is 0 Å². The van der Waals surface area contributed by atoms with Gasteiger partial charge in [0.15, 0.2) is 0 Å². The number of nitroso groups, excluding NO2 is 1. The first kappa shape index (κ1) is 10.5. The summed E-state index contributed by atoms with van der Waals surface area (Å²) in [5, 5.41) is 2.95. The summed E-state index contributed by atoms with van der Waals surface area (Å²) in [6.45, 7) is 1.72. The summed E-state index contributed by atoms with van der Waals surface area (Å²) in [5.41, 5.74) is 0.767. The van der Waals surface area contributed by atoms with Gasteiger partial charge in [-0.15, -0.1) is 0 Å². The van der Waals surface area contributed by atoms with E-state index in [4.69, 9.17) is 9.47 Å². The summed E-state index contributed by atoms with van der Waals surface area (Å²) in [6.07, 6.45) is 0. The second kappa shape index (κ2) is 4.60. The third kappa shape index (κ3) is 2.02. The zero-order valence-corrected chi connectivity index (χ0v) is 8.48. The third-order valence-electron chi connectivity index (χ3n) is 2.05. The Kier molecular flexibility index (Phi) is 3.45. The molecule has 0 spiro atoms. The molecule has 0 amide bonds. The SMILES string of the molecule is COc1ccc(C(C)N=O)c(OC)c1. The number of methoxy groups -OCH3 is 2. The molecule has 0 saturated carbocycles. The summed E-state index contributed by atoms with van der Waals surface area (Å²) >= 11 is 0. The monoisotopic (exact) mass is 195 g/mol. The molecule has 0 aliphatic rings. The van der Waals surface area contributed by atoms with Crippen molar-refractivity contribution in [3.05, 3.63) is 28.7 Å². The van der Waals surface area contributed by atoms with E-state index in [1.54, 1.807) is 39.3 Å². The molecule has 0 aliphatic carbocycles. The lowest BCUT2D eigenvalue weighted by molar-refractivity contribution is 0.389. The van der Waals surface area contributed by atoms with E-state index in [-0.39, 0.29) is 0 Å². The Labute approximate surface area is 82.8 Å². The predicted molar refractivity (Wildman–Crippen MR) is 53.8 cm³/mol. The van der Waals surface area contributed by atoms with Crippen LogP contribution in [0.1, 0.15) is 18.5 Å². The number of rotatable bonds is 4. The largest absolute Gasteiger partial charge is 0.497 e. The van der Waals surface area contributed by atoms with Gasteiger partial charge in [-0.1, -0.05) is 5.18 Å². The lowest BCUT2D eigenvalue weighted by atomic mass is 10.1. The molecular formula is C10H13NO3. The first-order chi connectivity index (χ1) is 6.72. The van der Waals surface area contributed by atoms with E-state index in [9.17, 15) is 4.91 Å². The van der Waals surface area contributed by atoms with Crippen molar-refractivity contribution in [1.29, 1.82) is 0 Å². The molecule has 1 unspecified atom stereocenters. The van der Waals surface area contributed by atoms with Crippen molar-refractivity contribution < 1.29 is 9.47 Å². The molecule has 1 rings (SSSR count). The molecule has 0 fully saturated rings. The van der Waals surface area contributed by atoms with Crippen molar-refractivity contribution in [3.8, 4) is 11.5 Å². The first-order valence-electron chi connectivity index (χ1n) is 4.27. The summed E-state index contributed by atoms with van der Waals surface area (Å²) < 4.78 is 10.2. The highest BCUT2D eigenvalue weighted by atomic mass is 16.5. The molecule has 0 N–H and O–H groups in total. The molecule has 1 aromatic carbocycles. The van der Waals surface area contributed by atoms with E-state index in [0.29, 0.717) is 11.5 Å². The molecule has 1 aromatic rings. The first-order valence-corrected chi connectivity index (χ1v) is 4.27. The lowest BCUT2D eigenvalue weighted by Crippen LogP contribution is -1.95. The standard InChI is InChI=1S/C10H13NO3/c1-7(11-12)9-5-4-8(13-2)6-10(9)14-3/h4-7H,1-3H3. The summed E-state index contributed by atoms with van der Waals surface area (Å²) in [7, 11) is 3.13. The number of hydrogen-bond donors (Lipinski definition) is 0. The van der Waals surface area contributed by atoms with E-state index in [0.717, 1.165) is 5.56 Å². The van der Waals surface area contributed by atoms with Crippen molar-refractivity contribution in [2.75, 3.05) is 14.2 Å². The van der Waals surface area contributed by atoms with Crippen LogP contribution in [-0.4, -0.2) is 14.2 Å². The van der Waals surface area contributed by atoms with Crippen LogP contribution < -0.4 is 9.47 Å². The number of benzene rings is 1. The second-order valence-electron chi connectivity index (χ2n) is 2.89. The Balaban J connectivity index is 3.10. The molecule has 4 heteroatoms. The van der Waals surface area contributed by atoms with E-state index >= 15 is 0 Å². The molecule has 0 saturated heterocycles. The van der Waals surface area contributed by atoms with Gasteiger partial charge in [-0.3, -0.25) is 0 Å². The lowest BCUT2D eigenvalue weighted by Gasteiger charge is -2.11. The molecule has 0 radical (unpaired) electrons. The average Bonchev–Trinajstić information content (AvgIpc) is 2.27. The fraction of sp³-hybridized carbons (Fsp3) is 0.400. The Morgan fingerprint density at radius 3 is 2.50 bits per heavy atom. The Morgan fingerprint density at radius 1 is 1.29 bits per heavy atom. The molecule has 1 atom stereocenters. The molecule has 76 valence electrons. The van der Waals surface area contributed by atoms with Crippen molar-refractivity contribution >= 4 is 0 Å². The molecule has 0 aliphatic heterocycles. The van der Waals surface area contributed by atoms with Crippen molar-refractivity contribution in [2.24, 2.45) is 5.18 Å². The van der Waals surface area contributed by atoms with Crippen LogP contribution in [0.2, 0.25) is 0 Å². The van der Waals surface area contributed by atoms with Gasteiger partial charge in [0.05, 0.1) is 14.2 Å². The predicted octanol–water partition coefficient (Wildman–Crippen LogP) is 2.53. The Morgan fingerprint density at radius 2 is 2.00 bits per heavy atom. The smallest absolute Gasteiger partial charge is 0.128 e. The molecule has 0 aromatic heterocycles. The van der Waals surface area contributed by atoms with Crippen LogP contribution in [0.15, 0.2) is 23.4 Å². The van der Waals surface area contributed by atoms with Crippen LogP contribution >= 0.6 is 0 Å². The van der Waals surface area contributed by atoms with Crippen LogP contribution in [0.5, 0.6) is 11.5 Å². The molecular weight excluding hydrogens is 182 g/mol. The van der Waals surface area contributed by atoms with E-state index in [1.807, 2.05) is 0 Å². The highest BCUT2D eigenvalue weighted by molar-refractivity contribution is 5.42. The van der Waals surface area contributed by atoms with Crippen LogP contribution in [0.25, 0.3) is 0 Å². The van der Waals surface area contributed by atoms with Crippen molar-refractivity contribution in [2.45, 2.75) is 13.0 Å². The molecule has 0 bridgehead atoms. The maximum absolute atomic E-state index is 10.4. The van der Waals surface area contributed by atoms with Gasteiger partial charge >= 0.3 is 0 Å². The average molecular weight is 195 g/mol. The minimum Gasteiger partial charge on any atom is -0.497 e. The van der Waals surface area contributed by atoms with Crippen LogP contribution in [-0.2, 0) is 0 Å². The summed E-state index contributed by atoms with van der Waals surface area (Å²) in [4.78, 5) is 10.4. The quantitative estimate of drug-likeness (QED) is 0.693. The van der Waals surface area contributed by atoms with Crippen molar-refractivity contribution in [1.82, 2.24) is 0 Å². The highest BCUT2D eigenvalue weighted by Crippen LogP contribution is 2.30. The Hall–Kier alpha value is -1.58. The Bertz CT molecular complexity index is 325. The van der Waals surface area contributed by atoms with Gasteiger partial charge in [-0.05, 0) is 19.1 Å². The fourth-order valence-electron chi connectivity index (χ4n) is 1.22. The topological polar surface area (TPSA) is 47.9 Å². The summed E-state index contributed by atoms with van der Waals surface area (Å²) in [5.74, 6) is 1.32. The van der Waals surface area contributed by atoms with Crippen LogP contribution in [0.4, 0.5) is 0 Å². The zero-order valence-electron chi connectivity index (χ0n) is 8.48. The highest BCUT2D eigenvalue weighted by Gasteiger charge is 2.12. The zero-order chi connectivity index (χ0) is 10.6. The van der Waals surface area contributed by atoms with Gasteiger partial charge in [0, 0.05) is 11.6 Å². The number of ether oxygens (including phenoxy) is 2. The maximum Gasteiger partial charge on any atom is 0.128 e. The molecule has 14 heavy (non-hydrogen) atoms. The fourth-order valence-corrected chi connectivity index (χ4v) is 1.22. The molecule has 0 heterocycles. The second-order valence-corrected chi connectivity index (χ2v) is 2.89. The van der Waals surface area contributed by atoms with E-state index in [2.05, 4.69) is 5.18 Å². The van der Waals surface area contributed by atoms with Gasteiger partial charge < -0.3 is 9.47 Å². The molecule has 4 nitrogen and oxygen atoms in total. The number of nitrogens with zero attached hydrogens (tertiary/aromatic N) is 1. The van der Waals surface area contributed by atoms with Crippen LogP contribution in [0.3, 0.4) is 0 Å². The van der Waals surface area contributed by atoms with E-state index < -0.39 is 6.04 Å².